The summed E-state index contributed by atoms with van der Waals surface area (Å²) in [6.07, 6.45) is 4.41. The number of hydrogen-bond donors (Lipinski definition) is 2. The Balaban J connectivity index is 1.47. The summed E-state index contributed by atoms with van der Waals surface area (Å²) in [5.41, 5.74) is 0.748. The minimum absolute atomic E-state index is 0.0514. The van der Waals surface area contributed by atoms with Gasteiger partial charge in [0.2, 0.25) is 11.8 Å². The number of esters is 1. The maximum absolute atomic E-state index is 14.8. The Morgan fingerprint density at radius 1 is 1.17 bits per heavy atom. The first-order chi connectivity index (χ1) is 23.2. The maximum atomic E-state index is 14.8. The Morgan fingerprint density at radius 2 is 1.94 bits per heavy atom. The molecule has 3 fully saturated rings. The lowest BCUT2D eigenvalue weighted by atomic mass is 9.70. The minimum atomic E-state index is -1.25. The molecule has 2 aromatic rings. The van der Waals surface area contributed by atoms with Crippen LogP contribution in [0.1, 0.15) is 55.8 Å². The highest BCUT2D eigenvalue weighted by Crippen LogP contribution is 2.59. The molecule has 11 heteroatoms. The first-order valence-electron chi connectivity index (χ1n) is 16.6. The number of nitrogens with one attached hydrogen (secondary N) is 1. The molecule has 2 bridgehead atoms. The fourth-order valence-corrected chi connectivity index (χ4v) is 7.83. The number of nitrogens with zero attached hydrogens (tertiary/aromatic N) is 2. The zero-order chi connectivity index (χ0) is 34.4. The lowest BCUT2D eigenvalue weighted by Gasteiger charge is -2.37. The van der Waals surface area contributed by atoms with Crippen molar-refractivity contribution in [3.05, 3.63) is 90.0 Å². The van der Waals surface area contributed by atoms with E-state index in [1.807, 2.05) is 43.3 Å². The van der Waals surface area contributed by atoms with Gasteiger partial charge in [-0.15, -0.1) is 13.2 Å². The highest BCUT2D eigenvalue weighted by Gasteiger charge is 2.75. The van der Waals surface area contributed by atoms with Crippen LogP contribution < -0.4 is 10.2 Å². The quantitative estimate of drug-likeness (QED) is 0.150. The number of unbranched alkanes of at least 4 members (excludes halogenated alkanes) is 1. The van der Waals surface area contributed by atoms with Crippen molar-refractivity contribution in [1.29, 1.82) is 0 Å². The highest BCUT2D eigenvalue weighted by atomic mass is 35.5. The molecular weight excluding hydrogens is 634 g/mol. The summed E-state index contributed by atoms with van der Waals surface area (Å²) in [4.78, 5) is 58.8. The van der Waals surface area contributed by atoms with Gasteiger partial charge in [0, 0.05) is 26.1 Å². The normalized spacial score (nSPS) is 24.6. The summed E-state index contributed by atoms with van der Waals surface area (Å²) in [7, 11) is 0. The number of rotatable bonds is 16. The molecule has 0 unspecified atom stereocenters. The zero-order valence-electron chi connectivity index (χ0n) is 27.3. The first kappa shape index (κ1) is 35.3. The number of para-hydroxylation sites is 1. The van der Waals surface area contributed by atoms with Crippen LogP contribution in [0.4, 0.5) is 5.69 Å². The molecule has 1 spiro atoms. The molecular formula is C37H44ClN3O7. The van der Waals surface area contributed by atoms with Gasteiger partial charge in [-0.3, -0.25) is 19.2 Å². The summed E-state index contributed by atoms with van der Waals surface area (Å²) in [6, 6.07) is 13.5. The number of hydrogen-bond acceptors (Lipinski definition) is 7. The number of carbonyl (C=O) groups excluding carboxylic acids is 4. The molecule has 0 aromatic heterocycles. The van der Waals surface area contributed by atoms with Crippen molar-refractivity contribution in [1.82, 2.24) is 10.2 Å². The molecule has 0 saturated carbocycles. The van der Waals surface area contributed by atoms with E-state index in [2.05, 4.69) is 18.5 Å². The Hall–Kier alpha value is -3.99. The van der Waals surface area contributed by atoms with Gasteiger partial charge >= 0.3 is 5.97 Å². The maximum Gasteiger partial charge on any atom is 0.313 e. The second-order valence-corrected chi connectivity index (χ2v) is 13.0. The van der Waals surface area contributed by atoms with Gasteiger partial charge in [0.25, 0.3) is 5.91 Å². The van der Waals surface area contributed by atoms with E-state index in [-0.39, 0.29) is 50.4 Å². The number of likely N-dealkylation sites (tertiary alicyclic amines) is 1. The standard InChI is InChI=1S/C37H44ClN3O7/c1-4-6-17-29(43)39-23-28(25-14-8-7-9-15-25)47-36(46)30-27-18-19-37(48-27)31(30)34(44)41(21-10-11-22-42)33(37)35(45)40(20-5-2)32-24(3)13-12-16-26(32)38/h4-5,7-9,12-16,27-28,30-31,33,42H,1-2,6,10-11,17-23H2,3H3,(H,39,43)/t27-,28-,30+,31+,33-,37+/m0/s1. The molecule has 3 aliphatic rings. The van der Waals surface area contributed by atoms with Crippen LogP contribution >= 0.6 is 11.6 Å². The van der Waals surface area contributed by atoms with Crippen molar-refractivity contribution >= 4 is 41.0 Å². The number of carbonyl (C=O) groups is 4. The van der Waals surface area contributed by atoms with Crippen LogP contribution in [0.15, 0.2) is 73.8 Å². The van der Waals surface area contributed by atoms with E-state index in [4.69, 9.17) is 21.1 Å². The van der Waals surface area contributed by atoms with Gasteiger partial charge in [0.15, 0.2) is 0 Å². The molecule has 2 N–H and O–H groups in total. The number of halogens is 1. The van der Waals surface area contributed by atoms with Gasteiger partial charge in [0.1, 0.15) is 17.7 Å². The van der Waals surface area contributed by atoms with Crippen LogP contribution in [-0.4, -0.2) is 77.7 Å². The summed E-state index contributed by atoms with van der Waals surface area (Å²) in [6.45, 7) is 9.72. The minimum Gasteiger partial charge on any atom is -0.455 e. The van der Waals surface area contributed by atoms with Crippen LogP contribution in [0.5, 0.6) is 0 Å². The Bertz CT molecular complexity index is 1510. The summed E-state index contributed by atoms with van der Waals surface area (Å²) < 4.78 is 12.7. The smallest absolute Gasteiger partial charge is 0.313 e. The number of aryl methyl sites for hydroxylation is 1. The number of fused-ring (bicyclic) bond motifs is 1. The molecule has 3 saturated heterocycles. The molecule has 10 nitrogen and oxygen atoms in total. The van der Waals surface area contributed by atoms with Gasteiger partial charge < -0.3 is 29.7 Å². The van der Waals surface area contributed by atoms with E-state index in [0.29, 0.717) is 48.4 Å². The summed E-state index contributed by atoms with van der Waals surface area (Å²) in [5.74, 6) is -3.41. The third kappa shape index (κ3) is 6.79. The third-order valence-corrected chi connectivity index (χ3v) is 9.94. The number of aliphatic hydroxyl groups is 1. The first-order valence-corrected chi connectivity index (χ1v) is 17.0. The Morgan fingerprint density at radius 3 is 2.62 bits per heavy atom. The van der Waals surface area contributed by atoms with Gasteiger partial charge in [-0.05, 0) is 56.2 Å². The lowest BCUT2D eigenvalue weighted by Crippen LogP contribution is -2.56. The number of benzene rings is 2. The molecule has 0 aliphatic carbocycles. The van der Waals surface area contributed by atoms with Crippen LogP contribution in [0.3, 0.4) is 0 Å². The van der Waals surface area contributed by atoms with E-state index in [1.165, 1.54) is 4.90 Å². The van der Waals surface area contributed by atoms with Crippen LogP contribution in [0.25, 0.3) is 0 Å². The second-order valence-electron chi connectivity index (χ2n) is 12.6. The fourth-order valence-electron chi connectivity index (χ4n) is 7.51. The van der Waals surface area contributed by atoms with Gasteiger partial charge in [-0.25, -0.2) is 0 Å². The topological polar surface area (TPSA) is 125 Å². The van der Waals surface area contributed by atoms with Crippen molar-refractivity contribution in [3.8, 4) is 0 Å². The largest absolute Gasteiger partial charge is 0.455 e. The monoisotopic (exact) mass is 677 g/mol. The number of allylic oxidation sites excluding steroid dienone is 1. The van der Waals surface area contributed by atoms with Crippen LogP contribution in [-0.2, 0) is 28.7 Å². The van der Waals surface area contributed by atoms with Gasteiger partial charge in [-0.1, -0.05) is 66.2 Å². The molecule has 48 heavy (non-hydrogen) atoms. The van der Waals surface area contributed by atoms with Crippen molar-refractivity contribution in [3.63, 3.8) is 0 Å². The fraction of sp³-hybridized carbons (Fsp3) is 0.459. The second kappa shape index (κ2) is 15.5. The SMILES string of the molecule is C=CCCC(=O)NC[C@H](OC(=O)[C@@H]1[C@@H]2CC[C@]3(O2)[C@H](C(=O)N(CC=C)c2c(C)cccc2Cl)N(CCCCO)C(=O)[C@@H]13)c1ccccc1. The molecule has 6 atom stereocenters. The van der Waals surface area contributed by atoms with E-state index < -0.39 is 41.7 Å². The summed E-state index contributed by atoms with van der Waals surface area (Å²) in [5, 5.41) is 12.7. The molecule has 3 amide bonds. The average Bonchev–Trinajstić information content (AvgIpc) is 3.72. The average molecular weight is 678 g/mol. The van der Waals surface area contributed by atoms with E-state index in [1.54, 1.807) is 29.2 Å². The zero-order valence-corrected chi connectivity index (χ0v) is 28.1. The van der Waals surface area contributed by atoms with Crippen molar-refractivity contribution < 1.29 is 33.8 Å². The number of aliphatic hydroxyl groups excluding tert-OH is 1. The molecule has 2 aromatic carbocycles. The molecule has 0 radical (unpaired) electrons. The van der Waals surface area contributed by atoms with Crippen molar-refractivity contribution in [2.45, 2.75) is 69.3 Å². The third-order valence-electron chi connectivity index (χ3n) is 9.64. The lowest BCUT2D eigenvalue weighted by molar-refractivity contribution is -0.160. The Kier molecular flexibility index (Phi) is 11.4. The van der Waals surface area contributed by atoms with Crippen LogP contribution in [0.2, 0.25) is 5.02 Å². The molecule has 256 valence electrons. The van der Waals surface area contributed by atoms with E-state index in [9.17, 15) is 24.3 Å². The predicted molar refractivity (Wildman–Crippen MR) is 182 cm³/mol. The number of amides is 3. The Labute approximate surface area is 286 Å². The van der Waals surface area contributed by atoms with Crippen molar-refractivity contribution in [2.24, 2.45) is 11.8 Å². The summed E-state index contributed by atoms with van der Waals surface area (Å²) >= 11 is 6.64. The molecule has 5 rings (SSSR count). The highest BCUT2D eigenvalue weighted by molar-refractivity contribution is 6.34. The predicted octanol–water partition coefficient (Wildman–Crippen LogP) is 4.68. The van der Waals surface area contributed by atoms with E-state index >= 15 is 0 Å². The van der Waals surface area contributed by atoms with E-state index in [0.717, 1.165) is 5.56 Å². The number of anilines is 1. The molecule has 3 heterocycles. The molecule has 3 aliphatic heterocycles. The van der Waals surface area contributed by atoms with Gasteiger partial charge in [-0.2, -0.15) is 0 Å². The van der Waals surface area contributed by atoms with Crippen LogP contribution in [0, 0.1) is 18.8 Å². The van der Waals surface area contributed by atoms with Gasteiger partial charge in [0.05, 0.1) is 35.2 Å². The number of ether oxygens (including phenoxy) is 2. The van der Waals surface area contributed by atoms with Crippen molar-refractivity contribution in [2.75, 3.05) is 31.1 Å².